The summed E-state index contributed by atoms with van der Waals surface area (Å²) in [7, 11) is 0. The summed E-state index contributed by atoms with van der Waals surface area (Å²) in [6.45, 7) is 4.73. The minimum atomic E-state index is -4.66. The van der Waals surface area contributed by atoms with Crippen molar-refractivity contribution in [2.75, 3.05) is 0 Å². The smallest absolute Gasteiger partial charge is 0.417 e. The highest BCUT2D eigenvalue weighted by atomic mass is 35.5. The summed E-state index contributed by atoms with van der Waals surface area (Å²) in [5, 5.41) is 0.313. The SMILES string of the molecule is CC(C)(C)OC(=O)/C=C(\c1ccc(Cl)cc1)C(F)(F)F. The van der Waals surface area contributed by atoms with Crippen molar-refractivity contribution in [2.45, 2.75) is 32.5 Å². The van der Waals surface area contributed by atoms with Crippen LogP contribution >= 0.6 is 11.6 Å². The zero-order valence-corrected chi connectivity index (χ0v) is 12.0. The predicted molar refractivity (Wildman–Crippen MR) is 71.3 cm³/mol. The van der Waals surface area contributed by atoms with Crippen LogP contribution in [-0.2, 0) is 9.53 Å². The molecule has 1 rings (SSSR count). The number of ether oxygens (including phenoxy) is 1. The molecule has 0 saturated carbocycles. The van der Waals surface area contributed by atoms with Crippen molar-refractivity contribution in [2.24, 2.45) is 0 Å². The standard InChI is InChI=1S/C14H14ClF3O2/c1-13(2,3)20-12(19)8-11(14(16,17)18)9-4-6-10(15)7-5-9/h4-8H,1-3H3/b11-8+. The summed E-state index contributed by atoms with van der Waals surface area (Å²) in [5.74, 6) is -1.04. The van der Waals surface area contributed by atoms with Crippen LogP contribution in [0.2, 0.25) is 5.02 Å². The molecule has 0 radical (unpaired) electrons. The van der Waals surface area contributed by atoms with Crippen LogP contribution in [0.3, 0.4) is 0 Å². The molecule has 0 aliphatic rings. The summed E-state index contributed by atoms with van der Waals surface area (Å²) in [6.07, 6.45) is -4.21. The number of carbonyl (C=O) groups is 1. The van der Waals surface area contributed by atoms with Crippen LogP contribution in [-0.4, -0.2) is 17.7 Å². The lowest BCUT2D eigenvalue weighted by Gasteiger charge is -2.19. The average Bonchev–Trinajstić information content (AvgIpc) is 2.23. The molecule has 1 aromatic rings. The Morgan fingerprint density at radius 2 is 1.65 bits per heavy atom. The maximum absolute atomic E-state index is 13.0. The van der Waals surface area contributed by atoms with E-state index in [0.717, 1.165) is 0 Å². The normalized spacial score (nSPS) is 13.2. The van der Waals surface area contributed by atoms with E-state index < -0.39 is 23.3 Å². The molecule has 0 fully saturated rings. The number of hydrogen-bond acceptors (Lipinski definition) is 2. The fraction of sp³-hybridized carbons (Fsp3) is 0.357. The van der Waals surface area contributed by atoms with Gasteiger partial charge >= 0.3 is 12.1 Å². The van der Waals surface area contributed by atoms with Crippen LogP contribution in [0, 0.1) is 0 Å². The second-order valence-corrected chi connectivity index (χ2v) is 5.53. The zero-order chi connectivity index (χ0) is 15.6. The van der Waals surface area contributed by atoms with Gasteiger partial charge in [0, 0.05) is 11.1 Å². The van der Waals surface area contributed by atoms with Gasteiger partial charge < -0.3 is 4.74 Å². The van der Waals surface area contributed by atoms with Crippen molar-refractivity contribution >= 4 is 23.1 Å². The summed E-state index contributed by atoms with van der Waals surface area (Å²) in [4.78, 5) is 11.5. The Hall–Kier alpha value is -1.49. The van der Waals surface area contributed by atoms with Crippen molar-refractivity contribution in [3.63, 3.8) is 0 Å². The first-order valence-electron chi connectivity index (χ1n) is 5.77. The molecular weight excluding hydrogens is 293 g/mol. The maximum atomic E-state index is 13.0. The van der Waals surface area contributed by atoms with Gasteiger partial charge in [-0.1, -0.05) is 23.7 Å². The van der Waals surface area contributed by atoms with Gasteiger partial charge in [0.1, 0.15) is 5.60 Å². The van der Waals surface area contributed by atoms with Crippen LogP contribution in [0.4, 0.5) is 13.2 Å². The average molecular weight is 307 g/mol. The molecule has 0 amide bonds. The third kappa shape index (κ3) is 5.25. The van der Waals surface area contributed by atoms with Gasteiger partial charge in [-0.25, -0.2) is 4.79 Å². The molecule has 0 spiro atoms. The number of esters is 1. The Balaban J connectivity index is 3.14. The molecule has 0 N–H and O–H groups in total. The van der Waals surface area contributed by atoms with E-state index in [1.165, 1.54) is 24.3 Å². The number of rotatable bonds is 2. The zero-order valence-electron chi connectivity index (χ0n) is 11.2. The van der Waals surface area contributed by atoms with Crippen molar-refractivity contribution in [1.29, 1.82) is 0 Å². The Morgan fingerprint density at radius 3 is 2.05 bits per heavy atom. The van der Waals surface area contributed by atoms with Crippen molar-refractivity contribution in [3.05, 3.63) is 40.9 Å². The predicted octanol–water partition coefficient (Wildman–Crippen LogP) is 4.63. The van der Waals surface area contributed by atoms with Gasteiger partial charge in [0.25, 0.3) is 0 Å². The van der Waals surface area contributed by atoms with Gasteiger partial charge in [0.15, 0.2) is 0 Å². The Kier molecular flexibility index (Phi) is 4.86. The van der Waals surface area contributed by atoms with Gasteiger partial charge in [-0.15, -0.1) is 0 Å². The highest BCUT2D eigenvalue weighted by Crippen LogP contribution is 2.34. The molecule has 6 heteroatoms. The minimum absolute atomic E-state index is 0.146. The van der Waals surface area contributed by atoms with E-state index in [9.17, 15) is 18.0 Å². The van der Waals surface area contributed by atoms with E-state index in [4.69, 9.17) is 16.3 Å². The van der Waals surface area contributed by atoms with Gasteiger partial charge in [0.2, 0.25) is 0 Å². The van der Waals surface area contributed by atoms with Crippen LogP contribution in [0.15, 0.2) is 30.3 Å². The topological polar surface area (TPSA) is 26.3 Å². The van der Waals surface area contributed by atoms with Crippen LogP contribution in [0.1, 0.15) is 26.3 Å². The number of halogens is 4. The monoisotopic (exact) mass is 306 g/mol. The lowest BCUT2D eigenvalue weighted by Crippen LogP contribution is -2.23. The van der Waals surface area contributed by atoms with Crippen LogP contribution in [0.5, 0.6) is 0 Å². The second kappa shape index (κ2) is 5.87. The molecule has 1 aromatic carbocycles. The molecule has 0 unspecified atom stereocenters. The third-order valence-electron chi connectivity index (χ3n) is 2.13. The molecular formula is C14H14ClF3O2. The molecule has 0 heterocycles. The van der Waals surface area contributed by atoms with E-state index in [0.29, 0.717) is 11.1 Å². The molecule has 2 nitrogen and oxygen atoms in total. The van der Waals surface area contributed by atoms with Gasteiger partial charge in [-0.3, -0.25) is 0 Å². The maximum Gasteiger partial charge on any atom is 0.417 e. The first kappa shape index (κ1) is 16.6. The van der Waals surface area contributed by atoms with Gasteiger partial charge in [-0.2, -0.15) is 13.2 Å². The number of hydrogen-bond donors (Lipinski definition) is 0. The summed E-state index contributed by atoms with van der Waals surface area (Å²) in [6, 6.07) is 5.05. The molecule has 0 saturated heterocycles. The minimum Gasteiger partial charge on any atom is -0.457 e. The Bertz CT molecular complexity index is 511. The first-order valence-corrected chi connectivity index (χ1v) is 6.14. The third-order valence-corrected chi connectivity index (χ3v) is 2.38. The van der Waals surface area contributed by atoms with E-state index >= 15 is 0 Å². The lowest BCUT2D eigenvalue weighted by molar-refractivity contribution is -0.148. The number of allylic oxidation sites excluding steroid dienone is 1. The summed E-state index contributed by atoms with van der Waals surface area (Å²) >= 11 is 5.63. The van der Waals surface area contributed by atoms with Crippen molar-refractivity contribution in [3.8, 4) is 0 Å². The number of benzene rings is 1. The molecule has 0 bridgehead atoms. The molecule has 0 atom stereocenters. The lowest BCUT2D eigenvalue weighted by atomic mass is 10.1. The molecule has 0 aliphatic carbocycles. The van der Waals surface area contributed by atoms with Gasteiger partial charge in [0.05, 0.1) is 5.57 Å². The van der Waals surface area contributed by atoms with E-state index in [-0.39, 0.29) is 5.56 Å². The van der Waals surface area contributed by atoms with Crippen LogP contribution < -0.4 is 0 Å². The summed E-state index contributed by atoms with van der Waals surface area (Å²) in [5.41, 5.74) is -2.07. The fourth-order valence-electron chi connectivity index (χ4n) is 1.41. The van der Waals surface area contributed by atoms with E-state index in [1.807, 2.05) is 0 Å². The van der Waals surface area contributed by atoms with E-state index in [2.05, 4.69) is 0 Å². The summed E-state index contributed by atoms with van der Waals surface area (Å²) < 4.78 is 43.8. The number of carbonyl (C=O) groups excluding carboxylic acids is 1. The number of alkyl halides is 3. The molecule has 0 aromatic heterocycles. The quantitative estimate of drug-likeness (QED) is 0.588. The molecule has 20 heavy (non-hydrogen) atoms. The Morgan fingerprint density at radius 1 is 1.15 bits per heavy atom. The largest absolute Gasteiger partial charge is 0.457 e. The fourth-order valence-corrected chi connectivity index (χ4v) is 1.53. The second-order valence-electron chi connectivity index (χ2n) is 5.10. The van der Waals surface area contributed by atoms with Crippen LogP contribution in [0.25, 0.3) is 5.57 Å². The van der Waals surface area contributed by atoms with Gasteiger partial charge in [-0.05, 0) is 38.5 Å². The van der Waals surface area contributed by atoms with E-state index in [1.54, 1.807) is 20.8 Å². The Labute approximate surface area is 120 Å². The molecule has 110 valence electrons. The molecule has 0 aliphatic heterocycles. The first-order chi connectivity index (χ1) is 8.99. The highest BCUT2D eigenvalue weighted by Gasteiger charge is 2.35. The van der Waals surface area contributed by atoms with Crippen molar-refractivity contribution in [1.82, 2.24) is 0 Å². The highest BCUT2D eigenvalue weighted by molar-refractivity contribution is 6.30. The van der Waals surface area contributed by atoms with Crippen molar-refractivity contribution < 1.29 is 22.7 Å².